The minimum atomic E-state index is 0.0832. The normalized spacial score (nSPS) is 28.2. The van der Waals surface area contributed by atoms with E-state index in [1.807, 2.05) is 24.0 Å². The number of hydrogen-bond donors (Lipinski definition) is 1. The molecule has 0 aromatic carbocycles. The van der Waals surface area contributed by atoms with Crippen molar-refractivity contribution >= 4 is 6.03 Å². The molecule has 1 N–H and O–H groups in total. The highest BCUT2D eigenvalue weighted by molar-refractivity contribution is 5.75. The van der Waals surface area contributed by atoms with Crippen molar-refractivity contribution in [2.45, 2.75) is 50.8 Å². The van der Waals surface area contributed by atoms with Crippen LogP contribution in [0.15, 0.2) is 24.5 Å². The zero-order valence-electron chi connectivity index (χ0n) is 11.8. The lowest BCUT2D eigenvalue weighted by atomic mass is 10.00. The van der Waals surface area contributed by atoms with E-state index in [2.05, 4.69) is 10.3 Å². The molecule has 2 unspecified atom stereocenters. The van der Waals surface area contributed by atoms with Crippen LogP contribution in [0.4, 0.5) is 4.79 Å². The van der Waals surface area contributed by atoms with Crippen LogP contribution in [0.1, 0.15) is 32.6 Å². The Labute approximate surface area is 119 Å². The summed E-state index contributed by atoms with van der Waals surface area (Å²) in [4.78, 5) is 18.2. The molecule has 2 bridgehead atoms. The number of pyridine rings is 1. The summed E-state index contributed by atoms with van der Waals surface area (Å²) in [6.45, 7) is 2.64. The van der Waals surface area contributed by atoms with Gasteiger partial charge in [-0.05, 0) is 31.9 Å². The zero-order chi connectivity index (χ0) is 13.9. The Kier molecular flexibility index (Phi) is 3.76. The van der Waals surface area contributed by atoms with Gasteiger partial charge in [0.1, 0.15) is 11.9 Å². The van der Waals surface area contributed by atoms with Gasteiger partial charge in [0.25, 0.3) is 0 Å². The Balaban J connectivity index is 1.63. The number of ether oxygens (including phenoxy) is 1. The summed E-state index contributed by atoms with van der Waals surface area (Å²) >= 11 is 0. The molecule has 2 atom stereocenters. The number of urea groups is 1. The Morgan fingerprint density at radius 3 is 2.80 bits per heavy atom. The fraction of sp³-hybridized carbons (Fsp3) is 0.600. The minimum absolute atomic E-state index is 0.0832. The number of aromatic nitrogens is 1. The molecule has 2 saturated heterocycles. The molecular formula is C15H21N3O2. The first-order valence-electron chi connectivity index (χ1n) is 7.40. The van der Waals surface area contributed by atoms with Gasteiger partial charge in [-0.3, -0.25) is 4.98 Å². The number of fused-ring (bicyclic) bond motifs is 2. The van der Waals surface area contributed by atoms with E-state index in [1.165, 1.54) is 0 Å². The topological polar surface area (TPSA) is 54.5 Å². The van der Waals surface area contributed by atoms with E-state index in [0.717, 1.165) is 31.4 Å². The molecule has 20 heavy (non-hydrogen) atoms. The smallest absolute Gasteiger partial charge is 0.317 e. The van der Waals surface area contributed by atoms with Crippen LogP contribution >= 0.6 is 0 Å². The van der Waals surface area contributed by atoms with Gasteiger partial charge in [0, 0.05) is 37.7 Å². The highest BCUT2D eigenvalue weighted by Gasteiger charge is 2.43. The Bertz CT molecular complexity index is 451. The van der Waals surface area contributed by atoms with Gasteiger partial charge < -0.3 is 15.0 Å². The van der Waals surface area contributed by atoms with E-state index < -0.39 is 0 Å². The molecular weight excluding hydrogens is 254 g/mol. The molecule has 2 fully saturated rings. The van der Waals surface area contributed by atoms with Gasteiger partial charge in [-0.15, -0.1) is 0 Å². The molecule has 2 aliphatic rings. The standard InChI is InChI=1S/C15H21N3O2/c1-2-17-15(19)18-11-5-6-12(18)9-14(8-11)20-13-4-3-7-16-10-13/h3-4,7,10-12,14H,2,5-6,8-9H2,1H3,(H,17,19). The predicted molar refractivity (Wildman–Crippen MR) is 75.6 cm³/mol. The first-order chi connectivity index (χ1) is 9.78. The van der Waals surface area contributed by atoms with Gasteiger partial charge in [0.15, 0.2) is 0 Å². The SMILES string of the molecule is CCNC(=O)N1C2CCC1CC(Oc1cccnc1)C2. The van der Waals surface area contributed by atoms with Crippen LogP contribution in [-0.2, 0) is 0 Å². The Hall–Kier alpha value is -1.78. The maximum Gasteiger partial charge on any atom is 0.317 e. The summed E-state index contributed by atoms with van der Waals surface area (Å²) in [6.07, 6.45) is 7.71. The fourth-order valence-corrected chi connectivity index (χ4v) is 3.41. The molecule has 0 aliphatic carbocycles. The zero-order valence-corrected chi connectivity index (χ0v) is 11.8. The molecule has 0 spiro atoms. The minimum Gasteiger partial charge on any atom is -0.489 e. The van der Waals surface area contributed by atoms with Gasteiger partial charge in [-0.2, -0.15) is 0 Å². The van der Waals surface area contributed by atoms with Gasteiger partial charge in [0.05, 0.1) is 6.20 Å². The monoisotopic (exact) mass is 275 g/mol. The predicted octanol–water partition coefficient (Wildman–Crippen LogP) is 2.19. The van der Waals surface area contributed by atoms with Crippen LogP contribution in [0, 0.1) is 0 Å². The average Bonchev–Trinajstić information content (AvgIpc) is 2.72. The highest BCUT2D eigenvalue weighted by Crippen LogP contribution is 2.37. The van der Waals surface area contributed by atoms with E-state index >= 15 is 0 Å². The van der Waals surface area contributed by atoms with E-state index in [-0.39, 0.29) is 12.1 Å². The van der Waals surface area contributed by atoms with Crippen LogP contribution in [-0.4, -0.2) is 40.6 Å². The third kappa shape index (κ3) is 2.57. The number of nitrogens with zero attached hydrogens (tertiary/aromatic N) is 2. The molecule has 1 aromatic heterocycles. The summed E-state index contributed by atoms with van der Waals surface area (Å²) in [6, 6.07) is 4.54. The third-order valence-electron chi connectivity index (χ3n) is 4.19. The molecule has 1 aromatic rings. The molecule has 3 heterocycles. The van der Waals surface area contributed by atoms with Crippen molar-refractivity contribution in [3.05, 3.63) is 24.5 Å². The van der Waals surface area contributed by atoms with Crippen molar-refractivity contribution < 1.29 is 9.53 Å². The molecule has 0 radical (unpaired) electrons. The van der Waals surface area contributed by atoms with Gasteiger partial charge >= 0.3 is 6.03 Å². The largest absolute Gasteiger partial charge is 0.489 e. The van der Waals surface area contributed by atoms with Gasteiger partial charge in [-0.1, -0.05) is 0 Å². The Morgan fingerprint density at radius 2 is 2.20 bits per heavy atom. The third-order valence-corrected chi connectivity index (χ3v) is 4.19. The van der Waals surface area contributed by atoms with Crippen LogP contribution in [0.2, 0.25) is 0 Å². The van der Waals surface area contributed by atoms with E-state index in [1.54, 1.807) is 12.4 Å². The number of nitrogens with one attached hydrogen (secondary N) is 1. The van der Waals surface area contributed by atoms with Crippen molar-refractivity contribution in [2.75, 3.05) is 6.54 Å². The van der Waals surface area contributed by atoms with Crippen LogP contribution in [0.5, 0.6) is 5.75 Å². The van der Waals surface area contributed by atoms with Crippen LogP contribution < -0.4 is 10.1 Å². The maximum atomic E-state index is 12.1. The van der Waals surface area contributed by atoms with Gasteiger partial charge in [-0.25, -0.2) is 4.79 Å². The molecule has 0 saturated carbocycles. The lowest BCUT2D eigenvalue weighted by Gasteiger charge is -2.38. The molecule has 5 nitrogen and oxygen atoms in total. The summed E-state index contributed by atoms with van der Waals surface area (Å²) in [7, 11) is 0. The first kappa shape index (κ1) is 13.2. The lowest BCUT2D eigenvalue weighted by molar-refractivity contribution is 0.0687. The summed E-state index contributed by atoms with van der Waals surface area (Å²) < 4.78 is 6.00. The number of rotatable bonds is 3. The average molecular weight is 275 g/mol. The maximum absolute atomic E-state index is 12.1. The summed E-state index contributed by atoms with van der Waals surface area (Å²) in [5.41, 5.74) is 0. The van der Waals surface area contributed by atoms with Crippen LogP contribution in [0.3, 0.4) is 0 Å². The van der Waals surface area contributed by atoms with Crippen molar-refractivity contribution in [2.24, 2.45) is 0 Å². The second-order valence-electron chi connectivity index (χ2n) is 5.53. The van der Waals surface area contributed by atoms with Crippen molar-refractivity contribution in [3.63, 3.8) is 0 Å². The number of amides is 2. The summed E-state index contributed by atoms with van der Waals surface area (Å²) in [5, 5.41) is 2.92. The van der Waals surface area contributed by atoms with Gasteiger partial charge in [0.2, 0.25) is 0 Å². The molecule has 108 valence electrons. The van der Waals surface area contributed by atoms with E-state index in [9.17, 15) is 4.79 Å². The second-order valence-corrected chi connectivity index (χ2v) is 5.53. The van der Waals surface area contributed by atoms with Crippen LogP contribution in [0.25, 0.3) is 0 Å². The summed E-state index contributed by atoms with van der Waals surface area (Å²) in [5.74, 6) is 0.823. The number of hydrogen-bond acceptors (Lipinski definition) is 3. The quantitative estimate of drug-likeness (QED) is 0.920. The van der Waals surface area contributed by atoms with E-state index in [0.29, 0.717) is 18.6 Å². The van der Waals surface area contributed by atoms with Crippen molar-refractivity contribution in [1.29, 1.82) is 0 Å². The second kappa shape index (κ2) is 5.69. The first-order valence-corrected chi connectivity index (χ1v) is 7.40. The molecule has 2 aliphatic heterocycles. The molecule has 5 heteroatoms. The fourth-order valence-electron chi connectivity index (χ4n) is 3.41. The molecule has 2 amide bonds. The van der Waals surface area contributed by atoms with E-state index in [4.69, 9.17) is 4.74 Å². The molecule has 3 rings (SSSR count). The number of piperidine rings is 1. The lowest BCUT2D eigenvalue weighted by Crippen LogP contribution is -2.52. The number of carbonyl (C=O) groups excluding carboxylic acids is 1. The number of carbonyl (C=O) groups is 1. The van der Waals surface area contributed by atoms with Crippen molar-refractivity contribution in [1.82, 2.24) is 15.2 Å². The van der Waals surface area contributed by atoms with Crippen molar-refractivity contribution in [3.8, 4) is 5.75 Å². The highest BCUT2D eigenvalue weighted by atomic mass is 16.5. The Morgan fingerprint density at radius 1 is 1.45 bits per heavy atom.